The second-order valence-electron chi connectivity index (χ2n) is 8.87. The summed E-state index contributed by atoms with van der Waals surface area (Å²) in [5, 5.41) is 0. The number of unbranched alkanes of at least 4 members (excludes halogenated alkanes) is 1. The van der Waals surface area contributed by atoms with E-state index in [4.69, 9.17) is 28.4 Å². The van der Waals surface area contributed by atoms with E-state index < -0.39 is 17.7 Å². The van der Waals surface area contributed by atoms with Crippen LogP contribution < -0.4 is 0 Å². The molecule has 0 spiro atoms. The molecule has 0 bridgehead atoms. The summed E-state index contributed by atoms with van der Waals surface area (Å²) in [4.78, 5) is 35.9. The van der Waals surface area contributed by atoms with Crippen LogP contribution in [0.1, 0.15) is 81.1 Å². The Morgan fingerprint density at radius 2 is 1.21 bits per heavy atom. The van der Waals surface area contributed by atoms with Gasteiger partial charge in [-0.1, -0.05) is 0 Å². The Balaban J connectivity index is 4.06. The molecular formula is C24H44O9. The van der Waals surface area contributed by atoms with Gasteiger partial charge in [-0.05, 0) is 68.2 Å². The summed E-state index contributed by atoms with van der Waals surface area (Å²) in [6.45, 7) is 15.2. The van der Waals surface area contributed by atoms with Gasteiger partial charge in [0.1, 0.15) is 19.8 Å². The van der Waals surface area contributed by atoms with Crippen molar-refractivity contribution < 1.29 is 42.8 Å². The van der Waals surface area contributed by atoms with Gasteiger partial charge in [-0.2, -0.15) is 0 Å². The maximum atomic E-state index is 12.3. The molecule has 3 atom stereocenters. The lowest BCUT2D eigenvalue weighted by atomic mass is 10.1. The van der Waals surface area contributed by atoms with Crippen LogP contribution in [0.4, 0.5) is 0 Å². The van der Waals surface area contributed by atoms with Crippen molar-refractivity contribution in [3.05, 3.63) is 0 Å². The van der Waals surface area contributed by atoms with Gasteiger partial charge in [-0.3, -0.25) is 9.59 Å². The van der Waals surface area contributed by atoms with Crippen LogP contribution in [0.5, 0.6) is 0 Å². The van der Waals surface area contributed by atoms with Crippen molar-refractivity contribution >= 4 is 17.9 Å². The number of carbonyl (C=O) groups is 3. The summed E-state index contributed by atoms with van der Waals surface area (Å²) in [6.07, 6.45) is 0.664. The number of hydrogen-bond donors (Lipinski definition) is 0. The van der Waals surface area contributed by atoms with Gasteiger partial charge in [0, 0.05) is 19.4 Å². The fraction of sp³-hybridized carbons (Fsp3) is 0.875. The summed E-state index contributed by atoms with van der Waals surface area (Å²) in [7, 11) is 0. The van der Waals surface area contributed by atoms with Gasteiger partial charge in [0.25, 0.3) is 0 Å². The van der Waals surface area contributed by atoms with Crippen LogP contribution in [0, 0.1) is 0 Å². The molecule has 0 aromatic rings. The molecule has 9 heteroatoms. The minimum atomic E-state index is -1.19. The molecule has 33 heavy (non-hydrogen) atoms. The van der Waals surface area contributed by atoms with E-state index in [1.165, 1.54) is 0 Å². The first kappa shape index (κ1) is 31.3. The zero-order chi connectivity index (χ0) is 25.4. The van der Waals surface area contributed by atoms with Gasteiger partial charge in [-0.15, -0.1) is 0 Å². The molecule has 0 amide bonds. The van der Waals surface area contributed by atoms with Crippen molar-refractivity contribution in [3.63, 3.8) is 0 Å². The highest BCUT2D eigenvalue weighted by Crippen LogP contribution is 2.16. The van der Waals surface area contributed by atoms with Gasteiger partial charge >= 0.3 is 17.9 Å². The number of hydrogen-bond acceptors (Lipinski definition) is 9. The average molecular weight is 477 g/mol. The van der Waals surface area contributed by atoms with Crippen LogP contribution in [0.15, 0.2) is 0 Å². The van der Waals surface area contributed by atoms with Crippen LogP contribution in [-0.2, 0) is 42.8 Å². The number of ether oxygens (including phenoxy) is 6. The fourth-order valence-corrected chi connectivity index (χ4v) is 2.89. The van der Waals surface area contributed by atoms with Crippen LogP contribution in [0.3, 0.4) is 0 Å². The maximum absolute atomic E-state index is 12.3. The zero-order valence-corrected chi connectivity index (χ0v) is 21.6. The summed E-state index contributed by atoms with van der Waals surface area (Å²) in [5.41, 5.74) is -1.19. The molecule has 0 aromatic heterocycles. The van der Waals surface area contributed by atoms with Crippen molar-refractivity contribution in [2.75, 3.05) is 26.4 Å². The third kappa shape index (κ3) is 16.5. The quantitative estimate of drug-likeness (QED) is 0.167. The van der Waals surface area contributed by atoms with Crippen LogP contribution in [0.2, 0.25) is 0 Å². The van der Waals surface area contributed by atoms with Crippen LogP contribution >= 0.6 is 0 Å². The van der Waals surface area contributed by atoms with Gasteiger partial charge in [0.05, 0.1) is 24.4 Å². The fourth-order valence-electron chi connectivity index (χ4n) is 2.89. The maximum Gasteiger partial charge on any atom is 0.337 e. The lowest BCUT2D eigenvalue weighted by Gasteiger charge is -2.27. The summed E-state index contributed by atoms with van der Waals surface area (Å²) in [5.74, 6) is -1.21. The lowest BCUT2D eigenvalue weighted by Crippen LogP contribution is -2.41. The van der Waals surface area contributed by atoms with E-state index in [0.717, 1.165) is 0 Å². The molecule has 0 saturated carbocycles. The minimum Gasteiger partial charge on any atom is -0.463 e. The summed E-state index contributed by atoms with van der Waals surface area (Å²) >= 11 is 0. The van der Waals surface area contributed by atoms with Gasteiger partial charge in [0.2, 0.25) is 0 Å². The molecule has 0 heterocycles. The summed E-state index contributed by atoms with van der Waals surface area (Å²) in [6, 6.07) is 0. The Morgan fingerprint density at radius 1 is 0.727 bits per heavy atom. The second-order valence-corrected chi connectivity index (χ2v) is 8.87. The van der Waals surface area contributed by atoms with E-state index in [0.29, 0.717) is 19.4 Å². The Hall–Kier alpha value is -1.71. The lowest BCUT2D eigenvalue weighted by molar-refractivity contribution is -0.182. The first-order chi connectivity index (χ1) is 15.4. The average Bonchev–Trinajstić information content (AvgIpc) is 2.71. The molecule has 9 nitrogen and oxygen atoms in total. The van der Waals surface area contributed by atoms with E-state index in [1.807, 2.05) is 34.6 Å². The molecule has 3 unspecified atom stereocenters. The smallest absolute Gasteiger partial charge is 0.337 e. The van der Waals surface area contributed by atoms with E-state index in [2.05, 4.69) is 0 Å². The minimum absolute atomic E-state index is 0.0137. The van der Waals surface area contributed by atoms with Crippen molar-refractivity contribution in [2.24, 2.45) is 0 Å². The highest BCUT2D eigenvalue weighted by atomic mass is 16.6. The highest BCUT2D eigenvalue weighted by Gasteiger charge is 2.33. The third-order valence-corrected chi connectivity index (χ3v) is 4.36. The zero-order valence-electron chi connectivity index (χ0n) is 21.6. The molecular weight excluding hydrogens is 432 g/mol. The molecule has 0 fully saturated rings. The van der Waals surface area contributed by atoms with Crippen molar-refractivity contribution in [1.82, 2.24) is 0 Å². The predicted octanol–water partition coefficient (Wildman–Crippen LogP) is 3.60. The van der Waals surface area contributed by atoms with E-state index in [9.17, 15) is 14.4 Å². The van der Waals surface area contributed by atoms with Crippen LogP contribution in [0.25, 0.3) is 0 Å². The second kappa shape index (κ2) is 16.8. The largest absolute Gasteiger partial charge is 0.463 e. The van der Waals surface area contributed by atoms with E-state index in [1.54, 1.807) is 20.8 Å². The molecule has 0 rings (SSSR count). The Morgan fingerprint density at radius 3 is 1.70 bits per heavy atom. The molecule has 194 valence electrons. The molecule has 0 aromatic carbocycles. The normalized spacial score (nSPS) is 14.5. The number of esters is 3. The van der Waals surface area contributed by atoms with Gasteiger partial charge in [0.15, 0.2) is 5.60 Å². The Kier molecular flexibility index (Phi) is 16.0. The summed E-state index contributed by atoms with van der Waals surface area (Å²) < 4.78 is 32.2. The molecule has 0 aliphatic heterocycles. The first-order valence-corrected chi connectivity index (χ1v) is 11.8. The standard InChI is InChI=1S/C24H44O9/c1-9-28-18(4)14-29-21(25)12-10-11-13-22(26)30-16-20(6)33-24(7,8)23(27)31-15-19(5)32-17(2)3/h17-20H,9-16H2,1-8H3. The Labute approximate surface area is 198 Å². The van der Waals surface area contributed by atoms with E-state index >= 15 is 0 Å². The molecule has 0 saturated heterocycles. The predicted molar refractivity (Wildman–Crippen MR) is 123 cm³/mol. The van der Waals surface area contributed by atoms with Gasteiger partial charge < -0.3 is 28.4 Å². The first-order valence-electron chi connectivity index (χ1n) is 11.8. The number of carbonyl (C=O) groups excluding carboxylic acids is 3. The van der Waals surface area contributed by atoms with Crippen molar-refractivity contribution in [2.45, 2.75) is 111 Å². The SMILES string of the molecule is CCOC(C)COC(=O)CCCCC(=O)OCC(C)OC(C)(C)C(=O)OCC(C)OC(C)C. The molecule has 0 aliphatic carbocycles. The number of rotatable bonds is 18. The van der Waals surface area contributed by atoms with Crippen molar-refractivity contribution in [1.29, 1.82) is 0 Å². The Bertz CT molecular complexity index is 574. The topological polar surface area (TPSA) is 107 Å². The molecule has 0 radical (unpaired) electrons. The van der Waals surface area contributed by atoms with Crippen molar-refractivity contribution in [3.8, 4) is 0 Å². The highest BCUT2D eigenvalue weighted by molar-refractivity contribution is 5.78. The molecule has 0 aliphatic rings. The monoisotopic (exact) mass is 476 g/mol. The third-order valence-electron chi connectivity index (χ3n) is 4.36. The van der Waals surface area contributed by atoms with Crippen LogP contribution in [-0.4, -0.2) is 74.4 Å². The molecule has 0 N–H and O–H groups in total. The van der Waals surface area contributed by atoms with E-state index in [-0.39, 0.29) is 62.9 Å². The van der Waals surface area contributed by atoms with Gasteiger partial charge in [-0.25, -0.2) is 4.79 Å².